The van der Waals surface area contributed by atoms with Gasteiger partial charge >= 0.3 is 5.97 Å². The van der Waals surface area contributed by atoms with Gasteiger partial charge in [0.05, 0.1) is 11.8 Å². The maximum atomic E-state index is 11.7. The number of aromatic nitrogens is 2. The summed E-state index contributed by atoms with van der Waals surface area (Å²) in [6, 6.07) is 1.75. The number of amides is 1. The molecule has 3 aliphatic rings. The van der Waals surface area contributed by atoms with Crippen LogP contribution in [0.1, 0.15) is 25.0 Å². The number of hydrogen-bond acceptors (Lipinski definition) is 3. The molecule has 3 aliphatic carbocycles. The van der Waals surface area contributed by atoms with E-state index in [1.165, 1.54) is 0 Å². The molecule has 0 unspecified atom stereocenters. The van der Waals surface area contributed by atoms with Crippen molar-refractivity contribution in [3.8, 4) is 0 Å². The highest BCUT2D eigenvalue weighted by molar-refractivity contribution is 5.84. The Labute approximate surface area is 97.4 Å². The first-order valence-corrected chi connectivity index (χ1v) is 5.56. The number of aliphatic carboxylic acids is 1. The van der Waals surface area contributed by atoms with E-state index in [0.29, 0.717) is 19.3 Å². The zero-order chi connectivity index (χ0) is 12.1. The fourth-order valence-corrected chi connectivity index (χ4v) is 3.04. The van der Waals surface area contributed by atoms with Crippen molar-refractivity contribution in [2.75, 3.05) is 0 Å². The van der Waals surface area contributed by atoms with Crippen LogP contribution in [0.5, 0.6) is 0 Å². The molecule has 3 N–H and O–H groups in total. The Bertz CT molecular complexity index is 460. The molecule has 0 saturated heterocycles. The zero-order valence-corrected chi connectivity index (χ0v) is 9.19. The normalized spacial score (nSPS) is 33.4. The van der Waals surface area contributed by atoms with Gasteiger partial charge in [-0.1, -0.05) is 0 Å². The fraction of sp³-hybridized carbons (Fsp3) is 0.545. The molecule has 1 heterocycles. The van der Waals surface area contributed by atoms with E-state index in [-0.39, 0.29) is 17.9 Å². The average molecular weight is 235 g/mol. The summed E-state index contributed by atoms with van der Waals surface area (Å²) >= 11 is 0. The highest BCUT2D eigenvalue weighted by atomic mass is 16.4. The molecule has 17 heavy (non-hydrogen) atoms. The van der Waals surface area contributed by atoms with Crippen LogP contribution in [0.15, 0.2) is 12.3 Å². The van der Waals surface area contributed by atoms with Crippen LogP contribution in [0.25, 0.3) is 0 Å². The van der Waals surface area contributed by atoms with Gasteiger partial charge in [-0.2, -0.15) is 5.10 Å². The number of rotatable bonds is 4. The Balaban J connectivity index is 1.54. The standard InChI is InChI=1S/C11H13N3O3/c15-8(3-7-1-2-12-14-7)13-11-4-10(5-11,6-11)9(16)17/h1-2H,3-6H2,(H,12,14)(H,13,15)(H,16,17). The smallest absolute Gasteiger partial charge is 0.309 e. The third-order valence-corrected chi connectivity index (χ3v) is 3.80. The van der Waals surface area contributed by atoms with E-state index in [2.05, 4.69) is 15.5 Å². The van der Waals surface area contributed by atoms with Gasteiger partial charge in [0.15, 0.2) is 0 Å². The molecule has 6 nitrogen and oxygen atoms in total. The molecule has 3 saturated carbocycles. The maximum Gasteiger partial charge on any atom is 0.309 e. The molecule has 3 fully saturated rings. The summed E-state index contributed by atoms with van der Waals surface area (Å²) in [7, 11) is 0. The Kier molecular flexibility index (Phi) is 1.87. The lowest BCUT2D eigenvalue weighted by Crippen LogP contribution is -2.77. The van der Waals surface area contributed by atoms with Gasteiger partial charge in [-0.15, -0.1) is 0 Å². The number of aromatic amines is 1. The third kappa shape index (κ3) is 1.44. The molecule has 0 atom stereocenters. The molecule has 1 aromatic rings. The number of nitrogens with zero attached hydrogens (tertiary/aromatic N) is 1. The van der Waals surface area contributed by atoms with Crippen LogP contribution in [0.3, 0.4) is 0 Å². The van der Waals surface area contributed by atoms with Gasteiger partial charge in [-0.25, -0.2) is 0 Å². The summed E-state index contributed by atoms with van der Waals surface area (Å²) in [5, 5.41) is 18.4. The van der Waals surface area contributed by atoms with Crippen LogP contribution in [-0.2, 0) is 16.0 Å². The molecule has 2 bridgehead atoms. The van der Waals surface area contributed by atoms with Crippen molar-refractivity contribution in [1.29, 1.82) is 0 Å². The lowest BCUT2D eigenvalue weighted by atomic mass is 9.39. The van der Waals surface area contributed by atoms with E-state index < -0.39 is 11.4 Å². The van der Waals surface area contributed by atoms with Crippen LogP contribution < -0.4 is 5.32 Å². The molecule has 0 aliphatic heterocycles. The molecule has 0 spiro atoms. The molecule has 0 aromatic carbocycles. The molecule has 1 amide bonds. The van der Waals surface area contributed by atoms with E-state index in [4.69, 9.17) is 5.11 Å². The molecular weight excluding hydrogens is 222 g/mol. The SMILES string of the molecule is O=C(Cc1ccn[nH]1)NC12CC(C(=O)O)(C1)C2. The first-order chi connectivity index (χ1) is 8.04. The average Bonchev–Trinajstić information content (AvgIpc) is 2.60. The first-order valence-electron chi connectivity index (χ1n) is 5.56. The number of carboxylic acids is 1. The van der Waals surface area contributed by atoms with E-state index in [1.54, 1.807) is 12.3 Å². The predicted octanol–water partition coefficient (Wildman–Crippen LogP) is 0.0757. The second kappa shape index (κ2) is 3.09. The Morgan fingerprint density at radius 3 is 2.71 bits per heavy atom. The minimum absolute atomic E-state index is 0.0760. The van der Waals surface area contributed by atoms with Crippen molar-refractivity contribution in [3.63, 3.8) is 0 Å². The number of H-pyrrole nitrogens is 1. The molecule has 1 aromatic heterocycles. The summed E-state index contributed by atoms with van der Waals surface area (Å²) in [6.45, 7) is 0. The fourth-order valence-electron chi connectivity index (χ4n) is 3.04. The van der Waals surface area contributed by atoms with Crippen LogP contribution in [0.2, 0.25) is 0 Å². The van der Waals surface area contributed by atoms with E-state index >= 15 is 0 Å². The van der Waals surface area contributed by atoms with E-state index in [0.717, 1.165) is 5.69 Å². The molecule has 0 radical (unpaired) electrons. The predicted molar refractivity (Wildman–Crippen MR) is 57.1 cm³/mol. The van der Waals surface area contributed by atoms with E-state index in [9.17, 15) is 9.59 Å². The third-order valence-electron chi connectivity index (χ3n) is 3.80. The van der Waals surface area contributed by atoms with Crippen molar-refractivity contribution in [2.45, 2.75) is 31.2 Å². The quantitative estimate of drug-likeness (QED) is 0.688. The first kappa shape index (κ1) is 10.3. The van der Waals surface area contributed by atoms with Gasteiger partial charge in [0.1, 0.15) is 0 Å². The van der Waals surface area contributed by atoms with Crippen LogP contribution in [0.4, 0.5) is 0 Å². The summed E-state index contributed by atoms with van der Waals surface area (Å²) in [4.78, 5) is 22.6. The minimum Gasteiger partial charge on any atom is -0.481 e. The molecule has 4 rings (SSSR count). The van der Waals surface area contributed by atoms with Crippen molar-refractivity contribution in [2.24, 2.45) is 5.41 Å². The van der Waals surface area contributed by atoms with Gasteiger partial charge in [0.25, 0.3) is 0 Å². The summed E-state index contributed by atoms with van der Waals surface area (Å²) in [5.41, 5.74) is -0.0152. The lowest BCUT2D eigenvalue weighted by Gasteiger charge is -2.67. The summed E-state index contributed by atoms with van der Waals surface area (Å²) in [5.74, 6) is -0.810. The molecule has 6 heteroatoms. The largest absolute Gasteiger partial charge is 0.481 e. The number of carboxylic acid groups (broad SMARTS) is 1. The van der Waals surface area contributed by atoms with Gasteiger partial charge in [-0.05, 0) is 25.3 Å². The van der Waals surface area contributed by atoms with Crippen molar-refractivity contribution in [1.82, 2.24) is 15.5 Å². The highest BCUT2D eigenvalue weighted by Crippen LogP contribution is 2.67. The Morgan fingerprint density at radius 2 is 2.18 bits per heavy atom. The minimum atomic E-state index is -0.734. The monoisotopic (exact) mass is 235 g/mol. The lowest BCUT2D eigenvalue weighted by molar-refractivity contribution is -0.199. The zero-order valence-electron chi connectivity index (χ0n) is 9.19. The van der Waals surface area contributed by atoms with Crippen LogP contribution in [0, 0.1) is 5.41 Å². The van der Waals surface area contributed by atoms with E-state index in [1.807, 2.05) is 0 Å². The Hall–Kier alpha value is -1.85. The van der Waals surface area contributed by atoms with Gasteiger partial charge in [0.2, 0.25) is 5.91 Å². The van der Waals surface area contributed by atoms with Crippen molar-refractivity contribution < 1.29 is 14.7 Å². The second-order valence-electron chi connectivity index (χ2n) is 5.20. The number of carbonyl (C=O) groups excluding carboxylic acids is 1. The highest BCUT2D eigenvalue weighted by Gasteiger charge is 2.72. The summed E-state index contributed by atoms with van der Waals surface area (Å²) in [6.07, 6.45) is 3.59. The second-order valence-corrected chi connectivity index (χ2v) is 5.20. The molecule has 90 valence electrons. The maximum absolute atomic E-state index is 11.7. The summed E-state index contributed by atoms with van der Waals surface area (Å²) < 4.78 is 0. The van der Waals surface area contributed by atoms with Crippen molar-refractivity contribution >= 4 is 11.9 Å². The topological polar surface area (TPSA) is 95.1 Å². The van der Waals surface area contributed by atoms with Gasteiger partial charge < -0.3 is 10.4 Å². The van der Waals surface area contributed by atoms with Crippen LogP contribution in [-0.4, -0.2) is 32.7 Å². The number of carbonyl (C=O) groups is 2. The van der Waals surface area contributed by atoms with Gasteiger partial charge in [-0.3, -0.25) is 14.7 Å². The van der Waals surface area contributed by atoms with Crippen molar-refractivity contribution in [3.05, 3.63) is 18.0 Å². The van der Waals surface area contributed by atoms with Crippen LogP contribution >= 0.6 is 0 Å². The number of nitrogens with one attached hydrogen (secondary N) is 2. The Morgan fingerprint density at radius 1 is 1.47 bits per heavy atom. The molecular formula is C11H13N3O3. The number of hydrogen-bond donors (Lipinski definition) is 3. The van der Waals surface area contributed by atoms with Gasteiger partial charge in [0, 0.05) is 17.4 Å².